The minimum Gasteiger partial charge on any atom is -0.447 e. The van der Waals surface area contributed by atoms with Gasteiger partial charge >= 0.3 is 0 Å². The van der Waals surface area contributed by atoms with E-state index in [0.29, 0.717) is 12.1 Å². The summed E-state index contributed by atoms with van der Waals surface area (Å²) in [5.74, 6) is 0.763. The Bertz CT molecular complexity index is 859. The maximum Gasteiger partial charge on any atom is 0.255 e. The molecule has 6 heteroatoms. The monoisotopic (exact) mass is 353 g/mol. The third kappa shape index (κ3) is 4.36. The fourth-order valence-electron chi connectivity index (χ4n) is 2.27. The van der Waals surface area contributed by atoms with Crippen molar-refractivity contribution in [1.82, 2.24) is 10.3 Å². The molecule has 3 rings (SSSR count). The molecular weight excluding hydrogens is 334 g/mol. The molecule has 25 heavy (non-hydrogen) atoms. The van der Waals surface area contributed by atoms with Gasteiger partial charge in [-0.1, -0.05) is 19.1 Å². The van der Waals surface area contributed by atoms with Crippen molar-refractivity contribution >= 4 is 23.1 Å². The first-order valence-electron chi connectivity index (χ1n) is 7.98. The molecule has 0 atom stereocenters. The van der Waals surface area contributed by atoms with E-state index >= 15 is 0 Å². The maximum absolute atomic E-state index is 12.1. The number of hydrogen-bond acceptors (Lipinski definition) is 5. The molecule has 0 fully saturated rings. The number of pyridine rings is 1. The summed E-state index contributed by atoms with van der Waals surface area (Å²) in [4.78, 5) is 16.0. The molecule has 0 unspecified atom stereocenters. The Labute approximate surface area is 150 Å². The number of nitrogens with zero attached hydrogens (tertiary/aromatic N) is 1. The topological polar surface area (TPSA) is 77.2 Å². The van der Waals surface area contributed by atoms with Crippen LogP contribution in [0.15, 0.2) is 54.0 Å². The quantitative estimate of drug-likeness (QED) is 0.702. The van der Waals surface area contributed by atoms with Crippen molar-refractivity contribution in [1.29, 1.82) is 0 Å². The summed E-state index contributed by atoms with van der Waals surface area (Å²) in [5.41, 5.74) is 8.34. The van der Waals surface area contributed by atoms with Crippen LogP contribution in [0, 0.1) is 0 Å². The van der Waals surface area contributed by atoms with Crippen LogP contribution >= 0.6 is 11.3 Å². The second-order valence-electron chi connectivity index (χ2n) is 5.49. The van der Waals surface area contributed by atoms with Crippen molar-refractivity contribution in [2.24, 2.45) is 0 Å². The summed E-state index contributed by atoms with van der Waals surface area (Å²) in [6.45, 7) is 2.53. The molecule has 0 aliphatic heterocycles. The van der Waals surface area contributed by atoms with Crippen LogP contribution in [0.5, 0.6) is 10.8 Å². The molecule has 0 aliphatic rings. The largest absolute Gasteiger partial charge is 0.447 e. The van der Waals surface area contributed by atoms with E-state index in [1.165, 1.54) is 5.56 Å². The summed E-state index contributed by atoms with van der Waals surface area (Å²) < 4.78 is 5.83. The highest BCUT2D eigenvalue weighted by atomic mass is 32.1. The second kappa shape index (κ2) is 7.81. The molecule has 5 nitrogen and oxygen atoms in total. The van der Waals surface area contributed by atoms with Crippen LogP contribution in [0.25, 0.3) is 0 Å². The van der Waals surface area contributed by atoms with Crippen molar-refractivity contribution in [2.75, 3.05) is 5.73 Å². The first-order valence-corrected chi connectivity index (χ1v) is 8.86. The molecule has 128 valence electrons. The SMILES string of the molecule is CCc1csc(Oc2ccc(CNC(=O)c3cccnc3N)cc2)c1. The van der Waals surface area contributed by atoms with E-state index in [-0.39, 0.29) is 11.7 Å². The number of aromatic nitrogens is 1. The van der Waals surface area contributed by atoms with E-state index in [2.05, 4.69) is 28.7 Å². The Balaban J connectivity index is 1.57. The lowest BCUT2D eigenvalue weighted by molar-refractivity contribution is 0.0951. The van der Waals surface area contributed by atoms with Crippen LogP contribution in [0.3, 0.4) is 0 Å². The lowest BCUT2D eigenvalue weighted by Crippen LogP contribution is -2.24. The number of nitrogen functional groups attached to an aromatic ring is 1. The van der Waals surface area contributed by atoms with Gasteiger partial charge in [-0.05, 0) is 53.3 Å². The molecule has 2 aromatic heterocycles. The van der Waals surface area contributed by atoms with Gasteiger partial charge in [0.2, 0.25) is 0 Å². The van der Waals surface area contributed by atoms with Gasteiger partial charge in [0.25, 0.3) is 5.91 Å². The number of ether oxygens (including phenoxy) is 1. The van der Waals surface area contributed by atoms with Gasteiger partial charge in [-0.3, -0.25) is 4.79 Å². The van der Waals surface area contributed by atoms with Gasteiger partial charge in [-0.25, -0.2) is 4.98 Å². The van der Waals surface area contributed by atoms with E-state index in [4.69, 9.17) is 10.5 Å². The van der Waals surface area contributed by atoms with E-state index in [0.717, 1.165) is 22.8 Å². The maximum atomic E-state index is 12.1. The van der Waals surface area contributed by atoms with E-state index in [1.54, 1.807) is 29.7 Å². The Morgan fingerprint density at radius 2 is 2.04 bits per heavy atom. The van der Waals surface area contributed by atoms with E-state index < -0.39 is 0 Å². The van der Waals surface area contributed by atoms with Crippen LogP contribution in [0.2, 0.25) is 0 Å². The zero-order chi connectivity index (χ0) is 17.6. The van der Waals surface area contributed by atoms with Crippen LogP contribution in [0.1, 0.15) is 28.4 Å². The van der Waals surface area contributed by atoms with Gasteiger partial charge in [0.15, 0.2) is 5.06 Å². The van der Waals surface area contributed by atoms with Crippen LogP contribution in [-0.4, -0.2) is 10.9 Å². The van der Waals surface area contributed by atoms with Gasteiger partial charge in [0.05, 0.1) is 5.56 Å². The molecule has 0 saturated carbocycles. The number of anilines is 1. The Morgan fingerprint density at radius 1 is 1.24 bits per heavy atom. The Kier molecular flexibility index (Phi) is 5.30. The van der Waals surface area contributed by atoms with Crippen molar-refractivity contribution in [3.8, 4) is 10.8 Å². The van der Waals surface area contributed by atoms with Gasteiger partial charge in [0.1, 0.15) is 11.6 Å². The molecule has 0 saturated heterocycles. The average Bonchev–Trinajstić information content (AvgIpc) is 3.09. The molecular formula is C19H19N3O2S. The number of thiophene rings is 1. The number of benzene rings is 1. The fraction of sp³-hybridized carbons (Fsp3) is 0.158. The summed E-state index contributed by atoms with van der Waals surface area (Å²) in [7, 11) is 0. The number of carbonyl (C=O) groups excluding carboxylic acids is 1. The lowest BCUT2D eigenvalue weighted by Gasteiger charge is -2.08. The lowest BCUT2D eigenvalue weighted by atomic mass is 10.2. The zero-order valence-corrected chi connectivity index (χ0v) is 14.7. The van der Waals surface area contributed by atoms with Crippen molar-refractivity contribution in [3.05, 3.63) is 70.7 Å². The molecule has 3 N–H and O–H groups in total. The summed E-state index contributed by atoms with van der Waals surface area (Å²) in [6, 6.07) is 13.0. The summed E-state index contributed by atoms with van der Waals surface area (Å²) >= 11 is 1.59. The number of rotatable bonds is 6. The normalized spacial score (nSPS) is 10.4. The van der Waals surface area contributed by atoms with Gasteiger partial charge in [0, 0.05) is 12.7 Å². The number of hydrogen-bond donors (Lipinski definition) is 2. The van der Waals surface area contributed by atoms with Crippen molar-refractivity contribution < 1.29 is 9.53 Å². The molecule has 0 bridgehead atoms. The Morgan fingerprint density at radius 3 is 2.72 bits per heavy atom. The van der Waals surface area contributed by atoms with Gasteiger partial charge in [-0.2, -0.15) is 0 Å². The number of aryl methyl sites for hydroxylation is 1. The van der Waals surface area contributed by atoms with Gasteiger partial charge < -0.3 is 15.8 Å². The first kappa shape index (κ1) is 17.0. The van der Waals surface area contributed by atoms with Gasteiger partial charge in [-0.15, -0.1) is 11.3 Å². The smallest absolute Gasteiger partial charge is 0.255 e. The predicted molar refractivity (Wildman–Crippen MR) is 100 cm³/mol. The summed E-state index contributed by atoms with van der Waals surface area (Å²) in [5, 5.41) is 5.82. The van der Waals surface area contributed by atoms with Crippen LogP contribution in [0.4, 0.5) is 5.82 Å². The van der Waals surface area contributed by atoms with Crippen LogP contribution in [-0.2, 0) is 13.0 Å². The van der Waals surface area contributed by atoms with Crippen molar-refractivity contribution in [2.45, 2.75) is 19.9 Å². The number of nitrogens with two attached hydrogens (primary N) is 1. The van der Waals surface area contributed by atoms with E-state index in [1.807, 2.05) is 24.3 Å². The van der Waals surface area contributed by atoms with E-state index in [9.17, 15) is 4.79 Å². The second-order valence-corrected chi connectivity index (χ2v) is 6.37. The average molecular weight is 353 g/mol. The molecule has 1 amide bonds. The molecule has 0 aliphatic carbocycles. The third-order valence-corrected chi connectivity index (χ3v) is 4.57. The number of nitrogens with one attached hydrogen (secondary N) is 1. The molecule has 0 spiro atoms. The standard InChI is InChI=1S/C19H19N3O2S/c1-2-13-10-17(25-12-13)24-15-7-5-14(6-8-15)11-22-19(23)16-4-3-9-21-18(16)20/h3-10,12H,2,11H2,1H3,(H2,20,21)(H,22,23). The number of carbonyl (C=O) groups is 1. The highest BCUT2D eigenvalue weighted by Gasteiger charge is 2.09. The molecule has 0 radical (unpaired) electrons. The van der Waals surface area contributed by atoms with Crippen LogP contribution < -0.4 is 15.8 Å². The zero-order valence-electron chi connectivity index (χ0n) is 13.9. The van der Waals surface area contributed by atoms with Crippen molar-refractivity contribution in [3.63, 3.8) is 0 Å². The Hall–Kier alpha value is -2.86. The molecule has 2 heterocycles. The molecule has 1 aromatic carbocycles. The fourth-order valence-corrected chi connectivity index (χ4v) is 3.14. The number of amides is 1. The first-order chi connectivity index (χ1) is 12.2. The predicted octanol–water partition coefficient (Wildman–Crippen LogP) is 4.01. The highest BCUT2D eigenvalue weighted by Crippen LogP contribution is 2.29. The minimum atomic E-state index is -0.239. The minimum absolute atomic E-state index is 0.228. The highest BCUT2D eigenvalue weighted by molar-refractivity contribution is 7.12. The summed E-state index contributed by atoms with van der Waals surface area (Å²) in [6.07, 6.45) is 2.56. The third-order valence-electron chi connectivity index (χ3n) is 3.72. The molecule has 3 aromatic rings.